The molecule has 3 heteroatoms. The molecule has 0 aliphatic rings. The molecule has 0 radical (unpaired) electrons. The van der Waals surface area contributed by atoms with E-state index < -0.39 is 0 Å². The molecule has 0 aliphatic heterocycles. The van der Waals surface area contributed by atoms with Crippen LogP contribution < -0.4 is 5.73 Å². The molecule has 0 saturated carbocycles. The summed E-state index contributed by atoms with van der Waals surface area (Å²) in [5, 5.41) is 14.9. The minimum Gasteiger partial charge on any atom is -0.387 e. The Bertz CT molecular complexity index is 122. The van der Waals surface area contributed by atoms with Crippen molar-refractivity contribution in [2.24, 2.45) is 11.7 Å². The fraction of sp³-hybridized carbons (Fsp3) is 0.600. The molecule has 0 rings (SSSR count). The van der Waals surface area contributed by atoms with Gasteiger partial charge in [-0.25, -0.2) is 0 Å². The average molecular weight is 111 g/mol. The summed E-state index contributed by atoms with van der Waals surface area (Å²) >= 11 is 0. The molecular weight excluding hydrogens is 102 g/mol. The van der Waals surface area contributed by atoms with Crippen molar-refractivity contribution >= 4 is 5.84 Å². The van der Waals surface area contributed by atoms with Gasteiger partial charge in [-0.1, -0.05) is 6.92 Å². The smallest absolute Gasteiger partial charge is 0.0944 e. The van der Waals surface area contributed by atoms with E-state index in [1.807, 2.05) is 6.07 Å². The predicted octanol–water partition coefficient (Wildman–Crippen LogP) is 0.472. The fourth-order valence-corrected chi connectivity index (χ4v) is 0.247. The van der Waals surface area contributed by atoms with Gasteiger partial charge in [-0.05, 0) is 0 Å². The first-order valence-electron chi connectivity index (χ1n) is 2.39. The van der Waals surface area contributed by atoms with E-state index in [0.29, 0.717) is 6.42 Å². The van der Waals surface area contributed by atoms with E-state index in [1.54, 1.807) is 6.92 Å². The van der Waals surface area contributed by atoms with E-state index in [2.05, 4.69) is 0 Å². The van der Waals surface area contributed by atoms with Crippen LogP contribution in [-0.2, 0) is 0 Å². The van der Waals surface area contributed by atoms with Gasteiger partial charge in [0.2, 0.25) is 0 Å². The number of hydrogen-bond donors (Lipinski definition) is 2. The summed E-state index contributed by atoms with van der Waals surface area (Å²) in [4.78, 5) is 0. The lowest BCUT2D eigenvalue weighted by molar-refractivity contribution is 0.785. The van der Waals surface area contributed by atoms with Crippen LogP contribution in [0.4, 0.5) is 0 Å². The Hall–Kier alpha value is -1.04. The summed E-state index contributed by atoms with van der Waals surface area (Å²) in [5.41, 5.74) is 5.05. The highest BCUT2D eigenvalue weighted by molar-refractivity contribution is 5.79. The van der Waals surface area contributed by atoms with Crippen molar-refractivity contribution in [2.75, 3.05) is 0 Å². The van der Waals surface area contributed by atoms with Crippen LogP contribution in [-0.4, -0.2) is 5.84 Å². The molecule has 3 nitrogen and oxygen atoms in total. The highest BCUT2D eigenvalue weighted by Crippen LogP contribution is 1.96. The number of nitrogens with zero attached hydrogens (tertiary/aromatic N) is 1. The van der Waals surface area contributed by atoms with E-state index in [1.165, 1.54) is 0 Å². The number of rotatable bonds is 2. The van der Waals surface area contributed by atoms with Crippen LogP contribution in [0.15, 0.2) is 0 Å². The number of nitrogens with one attached hydrogen (secondary N) is 1. The lowest BCUT2D eigenvalue weighted by Crippen LogP contribution is -2.18. The predicted molar refractivity (Wildman–Crippen MR) is 31.3 cm³/mol. The maximum atomic E-state index is 8.08. The Balaban J connectivity index is 3.52. The minimum absolute atomic E-state index is 0.0833. The summed E-state index contributed by atoms with van der Waals surface area (Å²) in [6.45, 7) is 1.76. The maximum absolute atomic E-state index is 8.08. The van der Waals surface area contributed by atoms with Gasteiger partial charge in [-0.15, -0.1) is 0 Å². The monoisotopic (exact) mass is 111 g/mol. The molecule has 0 aromatic rings. The molecule has 0 bridgehead atoms. The Morgan fingerprint density at radius 2 is 2.50 bits per heavy atom. The summed E-state index contributed by atoms with van der Waals surface area (Å²) in [6, 6.07) is 1.93. The second-order valence-corrected chi connectivity index (χ2v) is 1.72. The van der Waals surface area contributed by atoms with Gasteiger partial charge in [0.15, 0.2) is 0 Å². The van der Waals surface area contributed by atoms with Crippen molar-refractivity contribution < 1.29 is 0 Å². The normalized spacial score (nSPS) is 12.0. The van der Waals surface area contributed by atoms with Crippen LogP contribution in [0, 0.1) is 22.7 Å². The zero-order chi connectivity index (χ0) is 6.57. The van der Waals surface area contributed by atoms with Gasteiger partial charge in [0.25, 0.3) is 0 Å². The standard InChI is InChI=1S/C5H9N3/c1-4(2-3-6)5(7)8/h4H,2H2,1H3,(H3,7,8). The lowest BCUT2D eigenvalue weighted by atomic mass is 10.1. The van der Waals surface area contributed by atoms with Gasteiger partial charge in [0.05, 0.1) is 11.9 Å². The summed E-state index contributed by atoms with van der Waals surface area (Å²) in [7, 11) is 0. The Labute approximate surface area is 48.6 Å². The van der Waals surface area contributed by atoms with Crippen molar-refractivity contribution in [2.45, 2.75) is 13.3 Å². The van der Waals surface area contributed by atoms with Crippen LogP contribution in [0.5, 0.6) is 0 Å². The molecule has 44 valence electrons. The lowest BCUT2D eigenvalue weighted by Gasteiger charge is -2.00. The first-order chi connectivity index (χ1) is 3.68. The van der Waals surface area contributed by atoms with Gasteiger partial charge in [-0.3, -0.25) is 5.41 Å². The van der Waals surface area contributed by atoms with E-state index in [4.69, 9.17) is 16.4 Å². The average Bonchev–Trinajstić information content (AvgIpc) is 1.67. The van der Waals surface area contributed by atoms with E-state index in [0.717, 1.165) is 0 Å². The first-order valence-corrected chi connectivity index (χ1v) is 2.39. The van der Waals surface area contributed by atoms with Gasteiger partial charge in [-0.2, -0.15) is 5.26 Å². The molecule has 0 aliphatic carbocycles. The summed E-state index contributed by atoms with van der Waals surface area (Å²) < 4.78 is 0. The molecule has 0 amide bonds. The third kappa shape index (κ3) is 2.19. The molecule has 1 atom stereocenters. The highest BCUT2D eigenvalue weighted by Gasteiger charge is 2.01. The van der Waals surface area contributed by atoms with Crippen LogP contribution in [0.2, 0.25) is 0 Å². The third-order valence-corrected chi connectivity index (χ3v) is 0.928. The molecule has 0 spiro atoms. The zero-order valence-electron chi connectivity index (χ0n) is 4.81. The van der Waals surface area contributed by atoms with Gasteiger partial charge in [0, 0.05) is 12.3 Å². The minimum atomic E-state index is -0.0833. The SMILES string of the molecule is CC(CC#N)C(=N)N. The van der Waals surface area contributed by atoms with E-state index >= 15 is 0 Å². The number of nitrogens with two attached hydrogens (primary N) is 1. The first kappa shape index (κ1) is 6.96. The summed E-state index contributed by atoms with van der Waals surface area (Å²) in [6.07, 6.45) is 0.343. The zero-order valence-corrected chi connectivity index (χ0v) is 4.81. The van der Waals surface area contributed by atoms with E-state index in [9.17, 15) is 0 Å². The second kappa shape index (κ2) is 3.03. The van der Waals surface area contributed by atoms with Crippen molar-refractivity contribution in [1.82, 2.24) is 0 Å². The Morgan fingerprint density at radius 1 is 2.00 bits per heavy atom. The molecule has 0 aromatic carbocycles. The molecular formula is C5H9N3. The van der Waals surface area contributed by atoms with Crippen LogP contribution in [0.25, 0.3) is 0 Å². The number of amidine groups is 1. The van der Waals surface area contributed by atoms with Crippen molar-refractivity contribution in [3.63, 3.8) is 0 Å². The van der Waals surface area contributed by atoms with Crippen LogP contribution in [0.3, 0.4) is 0 Å². The van der Waals surface area contributed by atoms with Crippen molar-refractivity contribution in [1.29, 1.82) is 10.7 Å². The van der Waals surface area contributed by atoms with Gasteiger partial charge < -0.3 is 5.73 Å². The van der Waals surface area contributed by atoms with Crippen molar-refractivity contribution in [3.05, 3.63) is 0 Å². The third-order valence-electron chi connectivity index (χ3n) is 0.928. The van der Waals surface area contributed by atoms with Crippen LogP contribution >= 0.6 is 0 Å². The van der Waals surface area contributed by atoms with Gasteiger partial charge >= 0.3 is 0 Å². The molecule has 8 heavy (non-hydrogen) atoms. The largest absolute Gasteiger partial charge is 0.387 e. The van der Waals surface area contributed by atoms with Crippen molar-refractivity contribution in [3.8, 4) is 6.07 Å². The highest BCUT2D eigenvalue weighted by atomic mass is 14.7. The number of nitriles is 1. The molecule has 1 unspecified atom stereocenters. The fourth-order valence-electron chi connectivity index (χ4n) is 0.247. The molecule has 0 saturated heterocycles. The quantitative estimate of drug-likeness (QED) is 0.401. The molecule has 0 heterocycles. The Morgan fingerprint density at radius 3 is 2.62 bits per heavy atom. The maximum Gasteiger partial charge on any atom is 0.0944 e. The van der Waals surface area contributed by atoms with Gasteiger partial charge in [0.1, 0.15) is 0 Å². The molecule has 0 aromatic heterocycles. The topological polar surface area (TPSA) is 73.7 Å². The number of hydrogen-bond acceptors (Lipinski definition) is 2. The molecule has 0 fully saturated rings. The van der Waals surface area contributed by atoms with E-state index in [-0.39, 0.29) is 11.8 Å². The summed E-state index contributed by atoms with van der Waals surface area (Å²) in [5.74, 6) is 0.00606. The van der Waals surface area contributed by atoms with Crippen LogP contribution in [0.1, 0.15) is 13.3 Å². The Kier molecular flexibility index (Phi) is 2.63. The molecule has 3 N–H and O–H groups in total. The second-order valence-electron chi connectivity index (χ2n) is 1.72.